The predicted octanol–water partition coefficient (Wildman–Crippen LogP) is 3.81. The highest BCUT2D eigenvalue weighted by molar-refractivity contribution is 7.21. The molecular formula is C18H19F3N6S. The highest BCUT2D eigenvalue weighted by Crippen LogP contribution is 2.36. The molecular weight excluding hydrogens is 389 g/mol. The topological polar surface area (TPSA) is 74.8 Å². The van der Waals surface area contributed by atoms with Crippen LogP contribution in [-0.2, 0) is 0 Å². The molecule has 0 radical (unpaired) electrons. The van der Waals surface area contributed by atoms with Crippen LogP contribution in [-0.4, -0.2) is 46.8 Å². The van der Waals surface area contributed by atoms with Gasteiger partial charge in [-0.1, -0.05) is 12.1 Å². The van der Waals surface area contributed by atoms with Crippen molar-refractivity contribution in [2.24, 2.45) is 0 Å². The lowest BCUT2D eigenvalue weighted by Crippen LogP contribution is -2.25. The molecule has 10 heteroatoms. The third kappa shape index (κ3) is 4.17. The second kappa shape index (κ2) is 7.51. The molecule has 148 valence electrons. The Kier molecular flexibility index (Phi) is 5.07. The Morgan fingerprint density at radius 2 is 2.04 bits per heavy atom. The molecule has 3 N–H and O–H groups in total. The van der Waals surface area contributed by atoms with Gasteiger partial charge in [0, 0.05) is 12.6 Å². The minimum Gasteiger partial charge on any atom is -0.365 e. The summed E-state index contributed by atoms with van der Waals surface area (Å²) in [6, 6.07) is 7.93. The molecule has 3 aromatic rings. The van der Waals surface area contributed by atoms with E-state index in [4.69, 9.17) is 0 Å². The van der Waals surface area contributed by atoms with Crippen LogP contribution in [0.1, 0.15) is 12.1 Å². The number of para-hydroxylation sites is 1. The van der Waals surface area contributed by atoms with Gasteiger partial charge in [-0.15, -0.1) is 11.3 Å². The molecule has 1 unspecified atom stereocenters. The summed E-state index contributed by atoms with van der Waals surface area (Å²) in [6.07, 6.45) is -3.43. The number of aryl methyl sites for hydroxylation is 1. The van der Waals surface area contributed by atoms with Gasteiger partial charge in [0.1, 0.15) is 17.4 Å². The van der Waals surface area contributed by atoms with Crippen molar-refractivity contribution in [3.05, 3.63) is 30.0 Å². The molecule has 1 aliphatic rings. The van der Waals surface area contributed by atoms with Crippen LogP contribution < -0.4 is 16.0 Å². The highest BCUT2D eigenvalue weighted by atomic mass is 32.1. The zero-order chi connectivity index (χ0) is 19.7. The van der Waals surface area contributed by atoms with Gasteiger partial charge in [-0.3, -0.25) is 0 Å². The summed E-state index contributed by atoms with van der Waals surface area (Å²) < 4.78 is 38.8. The molecule has 3 heterocycles. The summed E-state index contributed by atoms with van der Waals surface area (Å²) >= 11 is 1.51. The van der Waals surface area contributed by atoms with Crippen LogP contribution in [0.2, 0.25) is 0 Å². The lowest BCUT2D eigenvalue weighted by atomic mass is 10.2. The first kappa shape index (κ1) is 18.9. The number of aromatic nitrogens is 3. The van der Waals surface area contributed by atoms with E-state index in [9.17, 15) is 13.2 Å². The number of hydrogen-bond donors (Lipinski definition) is 3. The van der Waals surface area contributed by atoms with Gasteiger partial charge in [-0.05, 0) is 32.0 Å². The Morgan fingerprint density at radius 1 is 1.21 bits per heavy atom. The van der Waals surface area contributed by atoms with Crippen LogP contribution in [0.15, 0.2) is 24.3 Å². The number of alkyl halides is 3. The number of rotatable bonds is 5. The van der Waals surface area contributed by atoms with Gasteiger partial charge in [-0.25, -0.2) is 9.97 Å². The maximum absolute atomic E-state index is 12.6. The van der Waals surface area contributed by atoms with E-state index in [0.29, 0.717) is 11.5 Å². The predicted molar refractivity (Wildman–Crippen MR) is 105 cm³/mol. The molecule has 6 nitrogen and oxygen atoms in total. The molecule has 0 aliphatic carbocycles. The van der Waals surface area contributed by atoms with E-state index in [-0.39, 0.29) is 12.0 Å². The van der Waals surface area contributed by atoms with Crippen LogP contribution >= 0.6 is 11.3 Å². The van der Waals surface area contributed by atoms with Gasteiger partial charge < -0.3 is 16.0 Å². The number of anilines is 2. The zero-order valence-corrected chi connectivity index (χ0v) is 15.9. The standard InChI is InChI=1S/C18H19F3N6S/c1-10-14(16-26-12-4-2-3-5-13(12)28-16)15(25-11-6-7-22-8-11)27-17(24-10)23-9-18(19,20)21/h2-5,11,22H,6-9H2,1H3,(H2,23,24,25,27). The molecule has 0 amide bonds. The molecule has 0 bridgehead atoms. The fourth-order valence-corrected chi connectivity index (χ4v) is 4.21. The molecule has 0 spiro atoms. The summed E-state index contributed by atoms with van der Waals surface area (Å²) in [4.78, 5) is 13.3. The minimum absolute atomic E-state index is 0.0480. The molecule has 4 rings (SSSR count). The summed E-state index contributed by atoms with van der Waals surface area (Å²) in [5.41, 5.74) is 2.17. The van der Waals surface area contributed by atoms with Crippen molar-refractivity contribution in [3.63, 3.8) is 0 Å². The van der Waals surface area contributed by atoms with Crippen molar-refractivity contribution < 1.29 is 13.2 Å². The maximum Gasteiger partial charge on any atom is 0.405 e. The van der Waals surface area contributed by atoms with Gasteiger partial charge in [-0.2, -0.15) is 18.2 Å². The SMILES string of the molecule is Cc1nc(NCC(F)(F)F)nc(NC2CCNC2)c1-c1nc2ccccc2s1. The molecule has 1 aliphatic heterocycles. The molecule has 1 fully saturated rings. The number of benzene rings is 1. The Bertz CT molecular complexity index is 948. The lowest BCUT2D eigenvalue weighted by molar-refractivity contribution is -0.115. The van der Waals surface area contributed by atoms with Crippen molar-refractivity contribution in [2.45, 2.75) is 25.6 Å². The monoisotopic (exact) mass is 408 g/mol. The molecule has 1 saturated heterocycles. The maximum atomic E-state index is 12.6. The van der Waals surface area contributed by atoms with E-state index < -0.39 is 12.7 Å². The number of nitrogens with one attached hydrogen (secondary N) is 3. The number of fused-ring (bicyclic) bond motifs is 1. The Hall–Kier alpha value is -2.46. The van der Waals surface area contributed by atoms with Crippen molar-refractivity contribution in [1.29, 1.82) is 0 Å². The average molecular weight is 408 g/mol. The van der Waals surface area contributed by atoms with Crippen molar-refractivity contribution in [3.8, 4) is 10.6 Å². The van der Waals surface area contributed by atoms with Gasteiger partial charge in [0.25, 0.3) is 0 Å². The van der Waals surface area contributed by atoms with Crippen LogP contribution in [0.3, 0.4) is 0 Å². The quantitative estimate of drug-likeness (QED) is 0.596. The fourth-order valence-electron chi connectivity index (χ4n) is 3.14. The second-order valence-corrected chi connectivity index (χ2v) is 7.68. The molecule has 1 atom stereocenters. The largest absolute Gasteiger partial charge is 0.405 e. The molecule has 2 aromatic heterocycles. The van der Waals surface area contributed by atoms with E-state index >= 15 is 0 Å². The van der Waals surface area contributed by atoms with Crippen molar-refractivity contribution in [2.75, 3.05) is 30.3 Å². The number of thiazole rings is 1. The van der Waals surface area contributed by atoms with Crippen molar-refractivity contribution >= 4 is 33.3 Å². The van der Waals surface area contributed by atoms with E-state index in [2.05, 4.69) is 30.9 Å². The molecule has 0 saturated carbocycles. The summed E-state index contributed by atoms with van der Waals surface area (Å²) in [5, 5.41) is 9.65. The van der Waals surface area contributed by atoms with E-state index in [1.165, 1.54) is 11.3 Å². The summed E-state index contributed by atoms with van der Waals surface area (Å²) in [5.74, 6) is 0.457. The fraction of sp³-hybridized carbons (Fsp3) is 0.389. The molecule has 1 aromatic carbocycles. The van der Waals surface area contributed by atoms with Crippen LogP contribution in [0, 0.1) is 6.92 Å². The van der Waals surface area contributed by atoms with Gasteiger partial charge in [0.05, 0.1) is 21.5 Å². The zero-order valence-electron chi connectivity index (χ0n) is 15.1. The third-order valence-corrected chi connectivity index (χ3v) is 5.50. The van der Waals surface area contributed by atoms with Gasteiger partial charge in [0.15, 0.2) is 0 Å². The van der Waals surface area contributed by atoms with E-state index in [1.807, 2.05) is 24.3 Å². The first-order valence-corrected chi connectivity index (χ1v) is 9.73. The van der Waals surface area contributed by atoms with Crippen LogP contribution in [0.4, 0.5) is 24.9 Å². The Morgan fingerprint density at radius 3 is 2.75 bits per heavy atom. The van der Waals surface area contributed by atoms with Gasteiger partial charge in [0.2, 0.25) is 5.95 Å². The lowest BCUT2D eigenvalue weighted by Gasteiger charge is -2.18. The van der Waals surface area contributed by atoms with Crippen molar-refractivity contribution in [1.82, 2.24) is 20.3 Å². The first-order chi connectivity index (χ1) is 13.4. The second-order valence-electron chi connectivity index (χ2n) is 6.65. The number of hydrogen-bond acceptors (Lipinski definition) is 7. The smallest absolute Gasteiger partial charge is 0.365 e. The summed E-state index contributed by atoms with van der Waals surface area (Å²) in [6.45, 7) is 2.24. The molecule has 28 heavy (non-hydrogen) atoms. The summed E-state index contributed by atoms with van der Waals surface area (Å²) in [7, 11) is 0. The average Bonchev–Trinajstić information content (AvgIpc) is 3.28. The van der Waals surface area contributed by atoms with Crippen LogP contribution in [0.5, 0.6) is 0 Å². The Labute approximate surface area is 163 Å². The van der Waals surface area contributed by atoms with Crippen LogP contribution in [0.25, 0.3) is 20.8 Å². The Balaban J connectivity index is 1.74. The number of halogens is 3. The van der Waals surface area contributed by atoms with E-state index in [0.717, 1.165) is 40.3 Å². The number of nitrogens with zero attached hydrogens (tertiary/aromatic N) is 3. The minimum atomic E-state index is -4.34. The highest BCUT2D eigenvalue weighted by Gasteiger charge is 2.28. The third-order valence-electron chi connectivity index (χ3n) is 4.45. The first-order valence-electron chi connectivity index (χ1n) is 8.91. The van der Waals surface area contributed by atoms with E-state index in [1.54, 1.807) is 6.92 Å². The van der Waals surface area contributed by atoms with Gasteiger partial charge >= 0.3 is 6.18 Å². The normalized spacial score (nSPS) is 17.2.